The minimum Gasteiger partial charge on any atom is -0.481 e. The third-order valence-electron chi connectivity index (χ3n) is 2.60. The molecule has 0 aromatic heterocycles. The number of rotatable bonds is 11. The van der Waals surface area contributed by atoms with Crippen LogP contribution < -0.4 is 0 Å². The van der Waals surface area contributed by atoms with Gasteiger partial charge in [0.25, 0.3) is 0 Å². The monoisotopic (exact) mass is 272 g/mol. The van der Waals surface area contributed by atoms with E-state index < -0.39 is 17.9 Å². The quantitative estimate of drug-likeness (QED) is 0.393. The summed E-state index contributed by atoms with van der Waals surface area (Å²) in [5, 5.41) is 25.8. The lowest BCUT2D eigenvalue weighted by molar-refractivity contribution is -0.138. The summed E-state index contributed by atoms with van der Waals surface area (Å²) in [7, 11) is 0. The number of aliphatic carboxylic acids is 3. The molecular formula is C13H20O6. The van der Waals surface area contributed by atoms with E-state index in [-0.39, 0.29) is 18.4 Å². The Morgan fingerprint density at radius 1 is 0.737 bits per heavy atom. The molecule has 0 saturated carbocycles. The molecule has 0 spiro atoms. The fraction of sp³-hybridized carbons (Fsp3) is 0.615. The SMILES string of the molecule is O=C(O)CCCC=C(CCCCCC(=O)O)C(=O)O. The number of hydrogen-bond donors (Lipinski definition) is 3. The molecule has 0 saturated heterocycles. The molecule has 108 valence electrons. The van der Waals surface area contributed by atoms with E-state index in [9.17, 15) is 14.4 Å². The van der Waals surface area contributed by atoms with Crippen molar-refractivity contribution in [1.29, 1.82) is 0 Å². The van der Waals surface area contributed by atoms with Crippen molar-refractivity contribution in [3.8, 4) is 0 Å². The van der Waals surface area contributed by atoms with Crippen LogP contribution in [0.3, 0.4) is 0 Å². The first-order valence-corrected chi connectivity index (χ1v) is 6.29. The third-order valence-corrected chi connectivity index (χ3v) is 2.60. The maximum atomic E-state index is 10.9. The van der Waals surface area contributed by atoms with Crippen LogP contribution in [0.1, 0.15) is 51.4 Å². The van der Waals surface area contributed by atoms with Crippen molar-refractivity contribution in [3.63, 3.8) is 0 Å². The van der Waals surface area contributed by atoms with Crippen LogP contribution in [0, 0.1) is 0 Å². The number of unbranched alkanes of at least 4 members (excludes halogenated alkanes) is 3. The molecule has 6 heteroatoms. The summed E-state index contributed by atoms with van der Waals surface area (Å²) in [6.07, 6.45) is 4.78. The largest absolute Gasteiger partial charge is 0.481 e. The minimum atomic E-state index is -0.992. The second kappa shape index (κ2) is 10.1. The van der Waals surface area contributed by atoms with E-state index in [1.807, 2.05) is 0 Å². The Hall–Kier alpha value is -1.85. The first-order valence-electron chi connectivity index (χ1n) is 6.29. The lowest BCUT2D eigenvalue weighted by Crippen LogP contribution is -2.01. The van der Waals surface area contributed by atoms with Crippen molar-refractivity contribution in [3.05, 3.63) is 11.6 Å². The second-order valence-corrected chi connectivity index (χ2v) is 4.27. The number of allylic oxidation sites excluding steroid dienone is 1. The van der Waals surface area contributed by atoms with Crippen molar-refractivity contribution in [1.82, 2.24) is 0 Å². The van der Waals surface area contributed by atoms with Gasteiger partial charge in [-0.3, -0.25) is 9.59 Å². The van der Waals surface area contributed by atoms with Gasteiger partial charge in [-0.1, -0.05) is 12.5 Å². The second-order valence-electron chi connectivity index (χ2n) is 4.27. The number of hydrogen-bond acceptors (Lipinski definition) is 3. The molecule has 0 aromatic rings. The van der Waals surface area contributed by atoms with E-state index >= 15 is 0 Å². The molecule has 6 nitrogen and oxygen atoms in total. The maximum Gasteiger partial charge on any atom is 0.331 e. The van der Waals surface area contributed by atoms with Gasteiger partial charge in [-0.15, -0.1) is 0 Å². The molecule has 0 aliphatic rings. The first-order chi connectivity index (χ1) is 8.93. The summed E-state index contributed by atoms with van der Waals surface area (Å²) in [6, 6.07) is 0. The average Bonchev–Trinajstić information content (AvgIpc) is 2.30. The molecule has 0 bridgehead atoms. The highest BCUT2D eigenvalue weighted by Gasteiger charge is 2.07. The molecule has 0 unspecified atom stereocenters. The Bertz CT molecular complexity index is 345. The van der Waals surface area contributed by atoms with Gasteiger partial charge in [0.15, 0.2) is 0 Å². The van der Waals surface area contributed by atoms with Gasteiger partial charge in [0, 0.05) is 18.4 Å². The summed E-state index contributed by atoms with van der Waals surface area (Å²) in [6.45, 7) is 0. The van der Waals surface area contributed by atoms with Gasteiger partial charge in [0.2, 0.25) is 0 Å². The molecule has 0 radical (unpaired) electrons. The maximum absolute atomic E-state index is 10.9. The highest BCUT2D eigenvalue weighted by molar-refractivity contribution is 5.86. The van der Waals surface area contributed by atoms with Gasteiger partial charge in [-0.05, 0) is 32.1 Å². The van der Waals surface area contributed by atoms with Gasteiger partial charge in [0.1, 0.15) is 0 Å². The Kier molecular flexibility index (Phi) is 9.12. The van der Waals surface area contributed by atoms with Crippen molar-refractivity contribution in [2.75, 3.05) is 0 Å². The number of carbonyl (C=O) groups is 3. The van der Waals surface area contributed by atoms with E-state index in [0.717, 1.165) is 0 Å². The lowest BCUT2D eigenvalue weighted by Gasteiger charge is -2.02. The molecule has 0 heterocycles. The van der Waals surface area contributed by atoms with Gasteiger partial charge in [-0.2, -0.15) is 0 Å². The zero-order valence-corrected chi connectivity index (χ0v) is 10.8. The van der Waals surface area contributed by atoms with Crippen LogP contribution in [0.25, 0.3) is 0 Å². The molecule has 0 aromatic carbocycles. The van der Waals surface area contributed by atoms with Crippen LogP contribution in [0.4, 0.5) is 0 Å². The molecule has 0 amide bonds. The molecule has 0 fully saturated rings. The van der Waals surface area contributed by atoms with Crippen LogP contribution >= 0.6 is 0 Å². The van der Waals surface area contributed by atoms with Crippen molar-refractivity contribution in [2.45, 2.75) is 51.4 Å². The van der Waals surface area contributed by atoms with Crippen molar-refractivity contribution < 1.29 is 29.7 Å². The Morgan fingerprint density at radius 3 is 1.79 bits per heavy atom. The van der Waals surface area contributed by atoms with Crippen LogP contribution in [0.2, 0.25) is 0 Å². The summed E-state index contributed by atoms with van der Waals surface area (Å²) in [5.74, 6) is -2.73. The smallest absolute Gasteiger partial charge is 0.331 e. The average molecular weight is 272 g/mol. The van der Waals surface area contributed by atoms with Crippen LogP contribution in [-0.2, 0) is 14.4 Å². The molecule has 3 N–H and O–H groups in total. The van der Waals surface area contributed by atoms with E-state index in [4.69, 9.17) is 15.3 Å². The normalized spacial score (nSPS) is 11.3. The standard InChI is InChI=1S/C13H20O6/c14-11(15)8-3-1-2-6-10(13(18)19)7-4-5-9-12(16)17/h7H,1-6,8-9H2,(H,14,15)(H,16,17)(H,18,19). The van der Waals surface area contributed by atoms with E-state index in [0.29, 0.717) is 38.5 Å². The molecule has 19 heavy (non-hydrogen) atoms. The predicted molar refractivity (Wildman–Crippen MR) is 67.9 cm³/mol. The fourth-order valence-corrected chi connectivity index (χ4v) is 1.59. The fourth-order valence-electron chi connectivity index (χ4n) is 1.59. The van der Waals surface area contributed by atoms with E-state index in [1.165, 1.54) is 0 Å². The summed E-state index contributed by atoms with van der Waals surface area (Å²) in [5.41, 5.74) is 0.278. The lowest BCUT2D eigenvalue weighted by atomic mass is 10.0. The van der Waals surface area contributed by atoms with Gasteiger partial charge < -0.3 is 15.3 Å². The van der Waals surface area contributed by atoms with Gasteiger partial charge >= 0.3 is 17.9 Å². The molecular weight excluding hydrogens is 252 g/mol. The van der Waals surface area contributed by atoms with Crippen LogP contribution in [0.15, 0.2) is 11.6 Å². The molecule has 0 aliphatic carbocycles. The highest BCUT2D eigenvalue weighted by Crippen LogP contribution is 2.12. The summed E-state index contributed by atoms with van der Waals surface area (Å²) < 4.78 is 0. The number of carboxylic acids is 3. The molecule has 0 atom stereocenters. The van der Waals surface area contributed by atoms with Gasteiger partial charge in [-0.25, -0.2) is 4.79 Å². The highest BCUT2D eigenvalue weighted by atomic mass is 16.4. The zero-order valence-electron chi connectivity index (χ0n) is 10.8. The first kappa shape index (κ1) is 17.2. The van der Waals surface area contributed by atoms with Crippen LogP contribution in [0.5, 0.6) is 0 Å². The van der Waals surface area contributed by atoms with E-state index in [1.54, 1.807) is 6.08 Å². The molecule has 0 aliphatic heterocycles. The zero-order chi connectivity index (χ0) is 14.7. The van der Waals surface area contributed by atoms with Crippen LogP contribution in [-0.4, -0.2) is 33.2 Å². The third kappa shape index (κ3) is 11.0. The Morgan fingerprint density at radius 2 is 1.26 bits per heavy atom. The number of carboxylic acid groups (broad SMARTS) is 3. The van der Waals surface area contributed by atoms with Crippen molar-refractivity contribution in [2.24, 2.45) is 0 Å². The Balaban J connectivity index is 3.91. The Labute approximate surface area is 111 Å². The van der Waals surface area contributed by atoms with E-state index in [2.05, 4.69) is 0 Å². The van der Waals surface area contributed by atoms with Crippen molar-refractivity contribution >= 4 is 17.9 Å². The minimum absolute atomic E-state index is 0.0298. The predicted octanol–water partition coefficient (Wildman–Crippen LogP) is 2.29. The summed E-state index contributed by atoms with van der Waals surface area (Å²) in [4.78, 5) is 31.5. The summed E-state index contributed by atoms with van der Waals surface area (Å²) >= 11 is 0. The molecule has 0 rings (SSSR count). The van der Waals surface area contributed by atoms with Gasteiger partial charge in [0.05, 0.1) is 0 Å². The topological polar surface area (TPSA) is 112 Å².